The normalized spacial score (nSPS) is 18.0. The third kappa shape index (κ3) is 6.65. The molecule has 12 heteroatoms. The van der Waals surface area contributed by atoms with Crippen molar-refractivity contribution in [2.45, 2.75) is 36.7 Å². The SMILES string of the molecule is O=C(Nc1ccc([C@H]2O[C@@H](CSc3nnnn3-c3ccccc3)C[C@@H](c3ccc(CO)cc3)O2)cc1)c1cnc2ccccc2n1. The van der Waals surface area contributed by atoms with E-state index in [4.69, 9.17) is 9.47 Å². The second-order valence-corrected chi connectivity index (χ2v) is 11.7. The van der Waals surface area contributed by atoms with E-state index in [9.17, 15) is 9.90 Å². The van der Waals surface area contributed by atoms with Gasteiger partial charge in [0.15, 0.2) is 6.29 Å². The van der Waals surface area contributed by atoms with Crippen LogP contribution in [0.2, 0.25) is 0 Å². The number of nitrogens with one attached hydrogen (secondary N) is 1. The summed E-state index contributed by atoms with van der Waals surface area (Å²) < 4.78 is 14.7. The van der Waals surface area contributed by atoms with Gasteiger partial charge in [-0.15, -0.1) is 5.10 Å². The standard InChI is InChI=1S/C34H29N7O4S/c42-20-22-10-12-23(13-11-22)31-18-27(21-46-34-38-39-40-41(34)26-6-2-1-3-7-26)44-33(45-31)24-14-16-25(17-15-24)36-32(43)30-19-35-28-8-4-5-9-29(28)37-30/h1-17,19,27,31,33,42H,18,20-21H2,(H,36,43)/t27-,31+,33+/m1/s1. The predicted octanol–water partition coefficient (Wildman–Crippen LogP) is 5.69. The van der Waals surface area contributed by atoms with Gasteiger partial charge in [-0.3, -0.25) is 9.78 Å². The molecule has 0 saturated carbocycles. The van der Waals surface area contributed by atoms with E-state index in [1.165, 1.54) is 18.0 Å². The van der Waals surface area contributed by atoms with Crippen LogP contribution in [-0.2, 0) is 16.1 Å². The Balaban J connectivity index is 1.07. The van der Waals surface area contributed by atoms with Gasteiger partial charge < -0.3 is 19.9 Å². The Bertz CT molecular complexity index is 1940. The number of aliphatic hydroxyl groups excluding tert-OH is 1. The monoisotopic (exact) mass is 631 g/mol. The van der Waals surface area contributed by atoms with Crippen molar-refractivity contribution in [2.75, 3.05) is 11.1 Å². The van der Waals surface area contributed by atoms with Gasteiger partial charge in [-0.1, -0.05) is 78.5 Å². The predicted molar refractivity (Wildman–Crippen MR) is 172 cm³/mol. The number of hydrogen-bond acceptors (Lipinski definition) is 10. The zero-order chi connectivity index (χ0) is 31.3. The quantitative estimate of drug-likeness (QED) is 0.192. The van der Waals surface area contributed by atoms with Crippen molar-refractivity contribution < 1.29 is 19.4 Å². The summed E-state index contributed by atoms with van der Waals surface area (Å²) in [6.07, 6.45) is 1.02. The molecule has 2 N–H and O–H groups in total. The van der Waals surface area contributed by atoms with Gasteiger partial charge in [-0.2, -0.15) is 4.68 Å². The number of thioether (sulfide) groups is 1. The Morgan fingerprint density at radius 2 is 1.63 bits per heavy atom. The molecule has 0 unspecified atom stereocenters. The number of aromatic nitrogens is 6. The summed E-state index contributed by atoms with van der Waals surface area (Å²) in [5.41, 5.74) is 5.74. The summed E-state index contributed by atoms with van der Waals surface area (Å²) in [6.45, 7) is -0.0245. The molecule has 1 amide bonds. The van der Waals surface area contributed by atoms with E-state index in [1.807, 2.05) is 103 Å². The summed E-state index contributed by atoms with van der Waals surface area (Å²) in [5, 5.41) is 25.4. The fourth-order valence-corrected chi connectivity index (χ4v) is 6.08. The summed E-state index contributed by atoms with van der Waals surface area (Å²) in [7, 11) is 0. The molecule has 4 aromatic carbocycles. The Kier molecular flexibility index (Phi) is 8.74. The summed E-state index contributed by atoms with van der Waals surface area (Å²) in [5.74, 6) is 0.247. The largest absolute Gasteiger partial charge is 0.392 e. The highest BCUT2D eigenvalue weighted by molar-refractivity contribution is 7.99. The van der Waals surface area contributed by atoms with Crippen molar-refractivity contribution in [2.24, 2.45) is 0 Å². The summed E-state index contributed by atoms with van der Waals surface area (Å²) >= 11 is 1.52. The minimum absolute atomic E-state index is 0.0245. The van der Waals surface area contributed by atoms with Crippen LogP contribution in [0.15, 0.2) is 114 Å². The van der Waals surface area contributed by atoms with Crippen molar-refractivity contribution >= 4 is 34.4 Å². The first-order valence-electron chi connectivity index (χ1n) is 14.7. The molecule has 46 heavy (non-hydrogen) atoms. The van der Waals surface area contributed by atoms with Crippen molar-refractivity contribution in [3.05, 3.63) is 132 Å². The number of rotatable bonds is 9. The van der Waals surface area contributed by atoms with Crippen molar-refractivity contribution in [3.8, 4) is 5.69 Å². The van der Waals surface area contributed by atoms with Gasteiger partial charge in [0.1, 0.15) is 5.69 Å². The molecule has 0 spiro atoms. The lowest BCUT2D eigenvalue weighted by Gasteiger charge is -2.36. The van der Waals surface area contributed by atoms with Crippen LogP contribution in [0, 0.1) is 0 Å². The maximum Gasteiger partial charge on any atom is 0.275 e. The number of anilines is 1. The van der Waals surface area contributed by atoms with Gasteiger partial charge in [0.2, 0.25) is 5.16 Å². The molecule has 11 nitrogen and oxygen atoms in total. The number of aliphatic hydroxyl groups is 1. The highest BCUT2D eigenvalue weighted by atomic mass is 32.2. The van der Waals surface area contributed by atoms with Crippen LogP contribution >= 0.6 is 11.8 Å². The molecule has 0 bridgehead atoms. The number of fused-ring (bicyclic) bond motifs is 1. The number of benzene rings is 4. The van der Waals surface area contributed by atoms with E-state index in [1.54, 1.807) is 4.68 Å². The molecule has 0 aliphatic carbocycles. The molecule has 1 saturated heterocycles. The number of carbonyl (C=O) groups excluding carboxylic acids is 1. The number of tetrazole rings is 1. The van der Waals surface area contributed by atoms with E-state index < -0.39 is 6.29 Å². The number of hydrogen-bond donors (Lipinski definition) is 2. The highest BCUT2D eigenvalue weighted by Crippen LogP contribution is 2.39. The van der Waals surface area contributed by atoms with Crippen LogP contribution < -0.4 is 5.32 Å². The van der Waals surface area contributed by atoms with E-state index >= 15 is 0 Å². The molecule has 1 aliphatic heterocycles. The Morgan fingerprint density at radius 3 is 2.41 bits per heavy atom. The van der Waals surface area contributed by atoms with E-state index in [0.717, 1.165) is 27.9 Å². The number of ether oxygens (including phenoxy) is 2. The smallest absolute Gasteiger partial charge is 0.275 e. The van der Waals surface area contributed by atoms with Crippen LogP contribution in [0.3, 0.4) is 0 Å². The van der Waals surface area contributed by atoms with E-state index in [-0.39, 0.29) is 30.4 Å². The fraction of sp³-hybridized carbons (Fsp3) is 0.176. The Hall–Kier alpha value is -5.01. The number of para-hydroxylation sites is 3. The Morgan fingerprint density at radius 1 is 0.891 bits per heavy atom. The molecule has 7 rings (SSSR count). The third-order valence-electron chi connectivity index (χ3n) is 7.58. The minimum Gasteiger partial charge on any atom is -0.392 e. The lowest BCUT2D eigenvalue weighted by Crippen LogP contribution is -2.31. The molecule has 230 valence electrons. The fourth-order valence-electron chi connectivity index (χ4n) is 5.18. The van der Waals surface area contributed by atoms with Crippen LogP contribution in [-0.4, -0.2) is 53.0 Å². The van der Waals surface area contributed by atoms with Gasteiger partial charge in [0, 0.05) is 23.4 Å². The average molecular weight is 632 g/mol. The average Bonchev–Trinajstić information content (AvgIpc) is 3.60. The van der Waals surface area contributed by atoms with Crippen molar-refractivity contribution in [3.63, 3.8) is 0 Å². The van der Waals surface area contributed by atoms with Crippen LogP contribution in [0.5, 0.6) is 0 Å². The summed E-state index contributed by atoms with van der Waals surface area (Å²) in [4.78, 5) is 21.7. The highest BCUT2D eigenvalue weighted by Gasteiger charge is 2.32. The first kappa shape index (κ1) is 29.7. The molecule has 6 aromatic rings. The molecule has 2 aromatic heterocycles. The molecule has 0 radical (unpaired) electrons. The number of nitrogens with zero attached hydrogens (tertiary/aromatic N) is 6. The van der Waals surface area contributed by atoms with Crippen molar-refractivity contribution in [1.29, 1.82) is 0 Å². The van der Waals surface area contributed by atoms with Crippen LogP contribution in [0.1, 0.15) is 46.0 Å². The lowest BCUT2D eigenvalue weighted by molar-refractivity contribution is -0.245. The first-order valence-corrected chi connectivity index (χ1v) is 15.7. The van der Waals surface area contributed by atoms with Crippen LogP contribution in [0.4, 0.5) is 5.69 Å². The van der Waals surface area contributed by atoms with Gasteiger partial charge in [-0.05, 0) is 58.0 Å². The molecule has 1 aliphatic rings. The second kappa shape index (κ2) is 13.5. The van der Waals surface area contributed by atoms with E-state index in [0.29, 0.717) is 28.5 Å². The van der Waals surface area contributed by atoms with Gasteiger partial charge in [0.25, 0.3) is 5.91 Å². The van der Waals surface area contributed by atoms with Gasteiger partial charge in [-0.25, -0.2) is 4.98 Å². The zero-order valence-electron chi connectivity index (χ0n) is 24.5. The minimum atomic E-state index is -0.650. The van der Waals surface area contributed by atoms with Crippen LogP contribution in [0.25, 0.3) is 16.7 Å². The first-order chi connectivity index (χ1) is 22.6. The number of carbonyl (C=O) groups is 1. The maximum atomic E-state index is 12.9. The lowest BCUT2D eigenvalue weighted by atomic mass is 10.0. The zero-order valence-corrected chi connectivity index (χ0v) is 25.3. The molecule has 1 fully saturated rings. The molecular formula is C34H29N7O4S. The Labute approximate surface area is 268 Å². The maximum absolute atomic E-state index is 12.9. The van der Waals surface area contributed by atoms with Gasteiger partial charge >= 0.3 is 0 Å². The third-order valence-corrected chi connectivity index (χ3v) is 8.63. The number of amides is 1. The topological polar surface area (TPSA) is 137 Å². The summed E-state index contributed by atoms with van der Waals surface area (Å²) in [6, 6.07) is 32.3. The van der Waals surface area contributed by atoms with E-state index in [2.05, 4.69) is 30.8 Å². The molecule has 3 heterocycles. The second-order valence-electron chi connectivity index (χ2n) is 10.7. The van der Waals surface area contributed by atoms with Crippen molar-refractivity contribution in [1.82, 2.24) is 30.2 Å². The molecular weight excluding hydrogens is 602 g/mol. The van der Waals surface area contributed by atoms with Gasteiger partial charge in [0.05, 0.1) is 41.7 Å². The molecule has 3 atom stereocenters.